The van der Waals surface area contributed by atoms with E-state index in [0.717, 1.165) is 25.7 Å². The molecule has 0 saturated carbocycles. The molecule has 0 N–H and O–H groups in total. The standard InChI is InChI=1S/C12H20N2O3S/c1-4-11-7-5-6-8-14(11)18(15,16)12-9(2)13-17-10(12)3/h11H,4-8H2,1-3H3/t11-/m0/s1. The van der Waals surface area contributed by atoms with Crippen LogP contribution in [0.5, 0.6) is 0 Å². The van der Waals surface area contributed by atoms with Crippen LogP contribution in [0.1, 0.15) is 44.1 Å². The summed E-state index contributed by atoms with van der Waals surface area (Å²) in [5, 5.41) is 3.75. The highest BCUT2D eigenvalue weighted by Crippen LogP contribution is 2.29. The van der Waals surface area contributed by atoms with Gasteiger partial charge in [-0.2, -0.15) is 4.31 Å². The Bertz CT molecular complexity index is 502. The molecule has 1 aromatic rings. The lowest BCUT2D eigenvalue weighted by Gasteiger charge is -2.33. The van der Waals surface area contributed by atoms with Crippen LogP contribution in [-0.4, -0.2) is 30.5 Å². The molecule has 0 bridgehead atoms. The average molecular weight is 272 g/mol. The lowest BCUT2D eigenvalue weighted by atomic mass is 10.0. The van der Waals surface area contributed by atoms with Gasteiger partial charge in [-0.3, -0.25) is 0 Å². The average Bonchev–Trinajstić information content (AvgIpc) is 2.69. The lowest BCUT2D eigenvalue weighted by Crippen LogP contribution is -2.43. The van der Waals surface area contributed by atoms with Gasteiger partial charge in [-0.25, -0.2) is 8.42 Å². The molecule has 6 heteroatoms. The van der Waals surface area contributed by atoms with Crippen molar-refractivity contribution in [2.45, 2.75) is 57.4 Å². The number of rotatable bonds is 3. The molecule has 0 unspecified atom stereocenters. The topological polar surface area (TPSA) is 63.4 Å². The van der Waals surface area contributed by atoms with Crippen LogP contribution >= 0.6 is 0 Å². The fourth-order valence-corrected chi connectivity index (χ4v) is 4.72. The van der Waals surface area contributed by atoms with Crippen LogP contribution in [-0.2, 0) is 10.0 Å². The number of aryl methyl sites for hydroxylation is 2. The molecular weight excluding hydrogens is 252 g/mol. The summed E-state index contributed by atoms with van der Waals surface area (Å²) >= 11 is 0. The van der Waals surface area contributed by atoms with Gasteiger partial charge in [0, 0.05) is 12.6 Å². The Balaban J connectivity index is 2.41. The Morgan fingerprint density at radius 2 is 2.11 bits per heavy atom. The number of nitrogens with zero attached hydrogens (tertiary/aromatic N) is 2. The second-order valence-corrected chi connectivity index (χ2v) is 6.65. The molecule has 1 aromatic heterocycles. The monoisotopic (exact) mass is 272 g/mol. The van der Waals surface area contributed by atoms with Crippen LogP contribution in [0, 0.1) is 13.8 Å². The minimum atomic E-state index is -3.46. The zero-order valence-electron chi connectivity index (χ0n) is 11.1. The maximum atomic E-state index is 12.7. The van der Waals surface area contributed by atoms with Crippen molar-refractivity contribution in [3.63, 3.8) is 0 Å². The molecule has 0 aliphatic carbocycles. The van der Waals surface area contributed by atoms with Gasteiger partial charge in [0.2, 0.25) is 10.0 Å². The molecule has 1 aliphatic rings. The van der Waals surface area contributed by atoms with Gasteiger partial charge in [-0.15, -0.1) is 0 Å². The third kappa shape index (κ3) is 2.19. The van der Waals surface area contributed by atoms with E-state index in [4.69, 9.17) is 4.52 Å². The summed E-state index contributed by atoms with van der Waals surface area (Å²) in [6.07, 6.45) is 3.83. The molecule has 0 amide bonds. The fourth-order valence-electron chi connectivity index (χ4n) is 2.66. The van der Waals surface area contributed by atoms with Crippen molar-refractivity contribution in [2.24, 2.45) is 0 Å². The maximum Gasteiger partial charge on any atom is 0.248 e. The van der Waals surface area contributed by atoms with Crippen LogP contribution in [0.25, 0.3) is 0 Å². The van der Waals surface area contributed by atoms with Gasteiger partial charge in [0.05, 0.1) is 0 Å². The second kappa shape index (κ2) is 5.01. The highest BCUT2D eigenvalue weighted by Gasteiger charge is 2.36. The fraction of sp³-hybridized carbons (Fsp3) is 0.750. The van der Waals surface area contributed by atoms with E-state index in [1.165, 1.54) is 0 Å². The van der Waals surface area contributed by atoms with E-state index in [1.807, 2.05) is 6.92 Å². The van der Waals surface area contributed by atoms with E-state index < -0.39 is 10.0 Å². The number of piperidine rings is 1. The predicted octanol–water partition coefficient (Wildman–Crippen LogP) is 2.24. The van der Waals surface area contributed by atoms with Crippen molar-refractivity contribution < 1.29 is 12.9 Å². The molecule has 0 aromatic carbocycles. The predicted molar refractivity (Wildman–Crippen MR) is 67.8 cm³/mol. The Kier molecular flexibility index (Phi) is 3.77. The molecule has 1 saturated heterocycles. The first-order valence-electron chi connectivity index (χ1n) is 6.43. The molecular formula is C12H20N2O3S. The Morgan fingerprint density at radius 1 is 1.39 bits per heavy atom. The highest BCUT2D eigenvalue weighted by molar-refractivity contribution is 7.89. The minimum absolute atomic E-state index is 0.109. The maximum absolute atomic E-state index is 12.7. The van der Waals surface area contributed by atoms with E-state index in [9.17, 15) is 8.42 Å². The van der Waals surface area contributed by atoms with Crippen molar-refractivity contribution >= 4 is 10.0 Å². The van der Waals surface area contributed by atoms with E-state index in [0.29, 0.717) is 18.0 Å². The first-order chi connectivity index (χ1) is 8.48. The zero-order chi connectivity index (χ0) is 13.3. The van der Waals surface area contributed by atoms with Crippen molar-refractivity contribution in [3.8, 4) is 0 Å². The van der Waals surface area contributed by atoms with Gasteiger partial charge in [-0.1, -0.05) is 18.5 Å². The highest BCUT2D eigenvalue weighted by atomic mass is 32.2. The molecule has 1 atom stereocenters. The number of hydrogen-bond donors (Lipinski definition) is 0. The third-order valence-electron chi connectivity index (χ3n) is 3.58. The summed E-state index contributed by atoms with van der Waals surface area (Å²) in [6, 6.07) is 0.109. The summed E-state index contributed by atoms with van der Waals surface area (Å²) < 4.78 is 32.0. The van der Waals surface area contributed by atoms with Crippen molar-refractivity contribution in [1.82, 2.24) is 9.46 Å². The van der Waals surface area contributed by atoms with E-state index in [-0.39, 0.29) is 10.9 Å². The van der Waals surface area contributed by atoms with Crippen LogP contribution in [0.4, 0.5) is 0 Å². The van der Waals surface area contributed by atoms with Crippen molar-refractivity contribution in [3.05, 3.63) is 11.5 Å². The third-order valence-corrected chi connectivity index (χ3v) is 5.78. The van der Waals surface area contributed by atoms with Gasteiger partial charge in [0.25, 0.3) is 0 Å². The van der Waals surface area contributed by atoms with Crippen molar-refractivity contribution in [1.29, 1.82) is 0 Å². The van der Waals surface area contributed by atoms with E-state index in [1.54, 1.807) is 18.2 Å². The summed E-state index contributed by atoms with van der Waals surface area (Å²) in [5.74, 6) is 0.382. The molecule has 1 fully saturated rings. The number of hydrogen-bond acceptors (Lipinski definition) is 4. The molecule has 2 rings (SSSR count). The largest absolute Gasteiger partial charge is 0.360 e. The molecule has 18 heavy (non-hydrogen) atoms. The van der Waals surface area contributed by atoms with E-state index >= 15 is 0 Å². The van der Waals surface area contributed by atoms with E-state index in [2.05, 4.69) is 5.16 Å². The first-order valence-corrected chi connectivity index (χ1v) is 7.87. The number of aromatic nitrogens is 1. The number of sulfonamides is 1. The van der Waals surface area contributed by atoms with Gasteiger partial charge in [0.15, 0.2) is 5.76 Å². The molecule has 0 radical (unpaired) electrons. The lowest BCUT2D eigenvalue weighted by molar-refractivity contribution is 0.246. The van der Waals surface area contributed by atoms with Crippen LogP contribution in [0.2, 0.25) is 0 Å². The van der Waals surface area contributed by atoms with Crippen LogP contribution in [0.15, 0.2) is 9.42 Å². The molecule has 5 nitrogen and oxygen atoms in total. The Labute approximate surface area is 108 Å². The van der Waals surface area contributed by atoms with Crippen LogP contribution in [0.3, 0.4) is 0 Å². The summed E-state index contributed by atoms with van der Waals surface area (Å²) in [6.45, 7) is 5.96. The van der Waals surface area contributed by atoms with Gasteiger partial charge >= 0.3 is 0 Å². The zero-order valence-corrected chi connectivity index (χ0v) is 12.0. The van der Waals surface area contributed by atoms with Gasteiger partial charge < -0.3 is 4.52 Å². The van der Waals surface area contributed by atoms with Gasteiger partial charge in [-0.05, 0) is 33.1 Å². The Morgan fingerprint density at radius 3 is 2.67 bits per heavy atom. The molecule has 102 valence electrons. The summed E-state index contributed by atoms with van der Waals surface area (Å²) in [4.78, 5) is 0.253. The van der Waals surface area contributed by atoms with Gasteiger partial charge in [0.1, 0.15) is 10.6 Å². The first kappa shape index (κ1) is 13.5. The SMILES string of the molecule is CC[C@H]1CCCCN1S(=O)(=O)c1c(C)noc1C. The normalized spacial score (nSPS) is 22.3. The Hall–Kier alpha value is -0.880. The van der Waals surface area contributed by atoms with Crippen LogP contribution < -0.4 is 0 Å². The molecule has 0 spiro atoms. The molecule has 2 heterocycles. The molecule has 1 aliphatic heterocycles. The van der Waals surface area contributed by atoms with Crippen molar-refractivity contribution in [2.75, 3.05) is 6.54 Å². The summed E-state index contributed by atoms with van der Waals surface area (Å²) in [5.41, 5.74) is 0.452. The minimum Gasteiger partial charge on any atom is -0.360 e. The second-order valence-electron chi connectivity index (χ2n) is 4.83. The quantitative estimate of drug-likeness (QED) is 0.846. The summed E-state index contributed by atoms with van der Waals surface area (Å²) in [7, 11) is -3.46. The smallest absolute Gasteiger partial charge is 0.248 e.